The molecular formula is C23H21N3O3. The monoisotopic (exact) mass is 387 g/mol. The Balaban J connectivity index is 1.63. The van der Waals surface area contributed by atoms with Crippen molar-refractivity contribution in [1.29, 1.82) is 0 Å². The van der Waals surface area contributed by atoms with Crippen LogP contribution >= 0.6 is 0 Å². The summed E-state index contributed by atoms with van der Waals surface area (Å²) in [5.41, 5.74) is 2.32. The fourth-order valence-electron chi connectivity index (χ4n) is 3.33. The van der Waals surface area contributed by atoms with Crippen LogP contribution in [0.5, 0.6) is 5.75 Å². The molecule has 0 saturated carbocycles. The molecule has 2 amide bonds. The zero-order valence-electron chi connectivity index (χ0n) is 16.1. The molecule has 1 atom stereocenters. The van der Waals surface area contributed by atoms with Crippen molar-refractivity contribution >= 4 is 17.5 Å². The molecule has 1 unspecified atom stereocenters. The van der Waals surface area contributed by atoms with Gasteiger partial charge in [0.25, 0.3) is 5.91 Å². The van der Waals surface area contributed by atoms with Gasteiger partial charge in [-0.25, -0.2) is 0 Å². The lowest BCUT2D eigenvalue weighted by molar-refractivity contribution is -0.125. The zero-order chi connectivity index (χ0) is 20.2. The fraction of sp³-hybridized carbons (Fsp3) is 0.174. The molecule has 6 heteroatoms. The lowest BCUT2D eigenvalue weighted by atomic mass is 10.2. The summed E-state index contributed by atoms with van der Waals surface area (Å²) in [6.45, 7) is 2.22. The van der Waals surface area contributed by atoms with Gasteiger partial charge in [0.2, 0.25) is 5.91 Å². The fourth-order valence-corrected chi connectivity index (χ4v) is 3.33. The summed E-state index contributed by atoms with van der Waals surface area (Å²) in [7, 11) is 0. The number of benzene rings is 2. The van der Waals surface area contributed by atoms with Crippen molar-refractivity contribution in [3.8, 4) is 5.75 Å². The van der Waals surface area contributed by atoms with Gasteiger partial charge in [0.1, 0.15) is 11.2 Å². The number of nitrogens with zero attached hydrogens (tertiary/aromatic N) is 3. The van der Waals surface area contributed by atoms with E-state index in [0.717, 1.165) is 5.56 Å². The largest absolute Gasteiger partial charge is 0.476 e. The van der Waals surface area contributed by atoms with Crippen molar-refractivity contribution in [2.75, 3.05) is 11.4 Å². The molecule has 2 aromatic carbocycles. The summed E-state index contributed by atoms with van der Waals surface area (Å²) < 4.78 is 7.77. The Morgan fingerprint density at radius 1 is 1.00 bits per heavy atom. The first-order valence-electron chi connectivity index (χ1n) is 9.43. The number of fused-ring (bicyclic) bond motifs is 1. The second-order valence-electron chi connectivity index (χ2n) is 6.83. The normalized spacial score (nSPS) is 16.1. The first-order chi connectivity index (χ1) is 14.1. The van der Waals surface area contributed by atoms with Gasteiger partial charge in [-0.1, -0.05) is 48.5 Å². The molecule has 0 N–H and O–H groups in total. The highest BCUT2D eigenvalue weighted by molar-refractivity contribution is 5.96. The van der Waals surface area contributed by atoms with Gasteiger partial charge in [-0.2, -0.15) is 4.99 Å². The molecule has 1 aromatic heterocycles. The molecule has 2 heterocycles. The Morgan fingerprint density at radius 2 is 1.72 bits per heavy atom. The van der Waals surface area contributed by atoms with E-state index in [2.05, 4.69) is 4.99 Å². The van der Waals surface area contributed by atoms with Gasteiger partial charge < -0.3 is 14.2 Å². The minimum absolute atomic E-state index is 0.139. The van der Waals surface area contributed by atoms with Crippen LogP contribution in [0.2, 0.25) is 0 Å². The van der Waals surface area contributed by atoms with Crippen LogP contribution < -0.4 is 15.1 Å². The quantitative estimate of drug-likeness (QED) is 0.694. The second-order valence-corrected chi connectivity index (χ2v) is 6.83. The predicted octanol–water partition coefficient (Wildman–Crippen LogP) is 2.78. The molecule has 1 aliphatic heterocycles. The molecule has 0 fully saturated rings. The van der Waals surface area contributed by atoms with E-state index in [1.165, 1.54) is 6.92 Å². The highest BCUT2D eigenvalue weighted by Crippen LogP contribution is 2.33. The molecule has 0 bridgehead atoms. The van der Waals surface area contributed by atoms with E-state index < -0.39 is 12.0 Å². The van der Waals surface area contributed by atoms with Crippen molar-refractivity contribution in [1.82, 2.24) is 4.57 Å². The van der Waals surface area contributed by atoms with Gasteiger partial charge in [-0.15, -0.1) is 0 Å². The topological polar surface area (TPSA) is 63.9 Å². The maximum Gasteiger partial charge on any atom is 0.290 e. The first kappa shape index (κ1) is 18.7. The van der Waals surface area contributed by atoms with Crippen LogP contribution in [0, 0.1) is 0 Å². The van der Waals surface area contributed by atoms with E-state index in [1.807, 2.05) is 65.4 Å². The third kappa shape index (κ3) is 4.11. The molecule has 6 nitrogen and oxygen atoms in total. The minimum atomic E-state index is -0.848. The summed E-state index contributed by atoms with van der Waals surface area (Å²) in [6, 6.07) is 22.7. The first-order valence-corrected chi connectivity index (χ1v) is 9.43. The van der Waals surface area contributed by atoms with Crippen LogP contribution in [0.15, 0.2) is 84.0 Å². The Labute approximate surface area is 168 Å². The molecule has 0 radical (unpaired) electrons. The molecule has 1 aliphatic rings. The van der Waals surface area contributed by atoms with Crippen LogP contribution in [0.1, 0.15) is 12.5 Å². The van der Waals surface area contributed by atoms with Crippen molar-refractivity contribution in [3.63, 3.8) is 0 Å². The Kier molecular flexibility index (Phi) is 5.24. The highest BCUT2D eigenvalue weighted by Gasteiger charge is 2.32. The van der Waals surface area contributed by atoms with Crippen LogP contribution in [0.4, 0.5) is 5.69 Å². The molecule has 3 aromatic rings. The molecular weight excluding hydrogens is 366 g/mol. The Morgan fingerprint density at radius 3 is 2.52 bits per heavy atom. The smallest absolute Gasteiger partial charge is 0.290 e. The molecule has 0 spiro atoms. The van der Waals surface area contributed by atoms with E-state index in [9.17, 15) is 9.59 Å². The summed E-state index contributed by atoms with van der Waals surface area (Å²) >= 11 is 0. The average molecular weight is 387 g/mol. The standard InChI is InChI=1S/C23H21N3O3/c1-17(27)26-16-21(29-20-12-6-5-11-19(20)26)23(28)24-22-13-7-8-14-25(22)15-18-9-3-2-4-10-18/h2-14,21H,15-16H2,1H3. The van der Waals surface area contributed by atoms with Gasteiger partial charge in [0, 0.05) is 19.7 Å². The lowest BCUT2D eigenvalue weighted by Crippen LogP contribution is -2.46. The number of hydrogen-bond acceptors (Lipinski definition) is 3. The summed E-state index contributed by atoms with van der Waals surface area (Å²) in [5.74, 6) is -0.0520. The van der Waals surface area contributed by atoms with Crippen LogP contribution in [-0.4, -0.2) is 29.0 Å². The van der Waals surface area contributed by atoms with Gasteiger partial charge in [-0.05, 0) is 29.8 Å². The number of carbonyl (C=O) groups is 2. The van der Waals surface area contributed by atoms with E-state index in [1.54, 1.807) is 23.1 Å². The van der Waals surface area contributed by atoms with Gasteiger partial charge >= 0.3 is 0 Å². The average Bonchev–Trinajstić information content (AvgIpc) is 2.75. The summed E-state index contributed by atoms with van der Waals surface area (Å²) in [5, 5.41) is 0. The predicted molar refractivity (Wildman–Crippen MR) is 109 cm³/mol. The number of amides is 2. The summed E-state index contributed by atoms with van der Waals surface area (Å²) in [4.78, 5) is 30.8. The van der Waals surface area contributed by atoms with Gasteiger partial charge in [0.05, 0.1) is 12.2 Å². The second kappa shape index (κ2) is 8.14. The number of hydrogen-bond donors (Lipinski definition) is 0. The third-order valence-corrected chi connectivity index (χ3v) is 4.77. The van der Waals surface area contributed by atoms with Crippen molar-refractivity contribution in [2.24, 2.45) is 4.99 Å². The maximum absolute atomic E-state index is 12.9. The number of rotatable bonds is 3. The van der Waals surface area contributed by atoms with Crippen molar-refractivity contribution < 1.29 is 14.3 Å². The number of aromatic nitrogens is 1. The number of anilines is 1. The third-order valence-electron chi connectivity index (χ3n) is 4.77. The zero-order valence-corrected chi connectivity index (χ0v) is 16.1. The van der Waals surface area contributed by atoms with E-state index in [4.69, 9.17) is 4.74 Å². The van der Waals surface area contributed by atoms with Crippen LogP contribution in [0.25, 0.3) is 0 Å². The SMILES string of the molecule is CC(=O)N1CC(C(=O)N=c2ccccn2Cc2ccccc2)Oc2ccccc21. The molecule has 146 valence electrons. The Hall–Kier alpha value is -3.67. The van der Waals surface area contributed by atoms with Gasteiger partial charge in [0.15, 0.2) is 6.10 Å². The van der Waals surface area contributed by atoms with Crippen LogP contribution in [0.3, 0.4) is 0 Å². The van der Waals surface area contributed by atoms with Gasteiger partial charge in [-0.3, -0.25) is 9.59 Å². The molecule has 29 heavy (non-hydrogen) atoms. The van der Waals surface area contributed by atoms with Crippen molar-refractivity contribution in [3.05, 3.63) is 90.0 Å². The summed E-state index contributed by atoms with van der Waals surface area (Å²) in [6.07, 6.45) is 1.04. The van der Waals surface area contributed by atoms with Crippen LogP contribution in [-0.2, 0) is 16.1 Å². The number of pyridine rings is 1. The van der Waals surface area contributed by atoms with E-state index in [0.29, 0.717) is 23.5 Å². The van der Waals surface area contributed by atoms with Crippen molar-refractivity contribution in [2.45, 2.75) is 19.6 Å². The Bertz CT molecular complexity index is 1110. The molecule has 0 saturated heterocycles. The molecule has 4 rings (SSSR count). The maximum atomic E-state index is 12.9. The number of para-hydroxylation sites is 2. The number of ether oxygens (including phenoxy) is 1. The lowest BCUT2D eigenvalue weighted by Gasteiger charge is -2.32. The van der Waals surface area contributed by atoms with E-state index >= 15 is 0 Å². The van der Waals surface area contributed by atoms with E-state index in [-0.39, 0.29) is 12.5 Å². The number of carbonyl (C=O) groups excluding carboxylic acids is 2. The minimum Gasteiger partial charge on any atom is -0.476 e. The molecule has 0 aliphatic carbocycles. The highest BCUT2D eigenvalue weighted by atomic mass is 16.5.